The van der Waals surface area contributed by atoms with Crippen LogP contribution in [0.2, 0.25) is 5.02 Å². The Morgan fingerprint density at radius 2 is 1.85 bits per heavy atom. The molecule has 11 heteroatoms. The molecule has 0 aliphatic carbocycles. The molecule has 0 aromatic heterocycles. The van der Waals surface area contributed by atoms with Crippen LogP contribution < -0.4 is 0 Å². The first-order valence-corrected chi connectivity index (χ1v) is 10.2. The summed E-state index contributed by atoms with van der Waals surface area (Å²) >= 11 is 5.55. The van der Waals surface area contributed by atoms with E-state index in [9.17, 15) is 26.4 Å². The van der Waals surface area contributed by atoms with Gasteiger partial charge in [-0.25, -0.2) is 8.42 Å². The predicted octanol–water partition coefficient (Wildman–Crippen LogP) is 2.37. The molecule has 2 heterocycles. The molecule has 0 spiro atoms. The summed E-state index contributed by atoms with van der Waals surface area (Å²) in [4.78, 5) is 13.4. The number of nitrogens with zero attached hydrogens (tertiary/aromatic N) is 2. The summed E-state index contributed by atoms with van der Waals surface area (Å²) in [5, 5.41) is -0.562. The number of hydrogen-bond donors (Lipinski definition) is 0. The predicted molar refractivity (Wildman–Crippen MR) is 90.8 cm³/mol. The Hall–Kier alpha value is -1.36. The molecule has 0 radical (unpaired) electrons. The van der Waals surface area contributed by atoms with Gasteiger partial charge in [0, 0.05) is 32.8 Å². The first kappa shape index (κ1) is 20.4. The Morgan fingerprint density at radius 3 is 2.41 bits per heavy atom. The highest BCUT2D eigenvalue weighted by Crippen LogP contribution is 2.36. The van der Waals surface area contributed by atoms with Gasteiger partial charge in [0.2, 0.25) is 10.0 Å². The van der Waals surface area contributed by atoms with Gasteiger partial charge in [0.05, 0.1) is 15.5 Å². The smallest absolute Gasteiger partial charge is 0.368 e. The third-order valence-electron chi connectivity index (χ3n) is 4.64. The molecule has 27 heavy (non-hydrogen) atoms. The molecule has 1 aromatic carbocycles. The largest absolute Gasteiger partial charge is 0.417 e. The van der Waals surface area contributed by atoms with Crippen molar-refractivity contribution in [1.82, 2.24) is 9.21 Å². The number of halogens is 4. The molecule has 1 aromatic rings. The van der Waals surface area contributed by atoms with E-state index in [0.717, 1.165) is 22.9 Å². The van der Waals surface area contributed by atoms with Crippen molar-refractivity contribution >= 4 is 27.5 Å². The van der Waals surface area contributed by atoms with Crippen molar-refractivity contribution in [2.24, 2.45) is 0 Å². The first-order valence-electron chi connectivity index (χ1n) is 8.38. The molecule has 3 rings (SSSR count). The van der Waals surface area contributed by atoms with Crippen LogP contribution in [0.4, 0.5) is 13.2 Å². The second kappa shape index (κ2) is 7.57. The number of benzene rings is 1. The van der Waals surface area contributed by atoms with Crippen molar-refractivity contribution < 1.29 is 31.1 Å². The van der Waals surface area contributed by atoms with E-state index in [1.807, 2.05) is 0 Å². The van der Waals surface area contributed by atoms with Crippen LogP contribution in [0.3, 0.4) is 0 Å². The van der Waals surface area contributed by atoms with Gasteiger partial charge in [-0.2, -0.15) is 17.5 Å². The number of rotatable bonds is 3. The molecule has 150 valence electrons. The summed E-state index contributed by atoms with van der Waals surface area (Å²) in [5.74, 6) is -0.171. The van der Waals surface area contributed by atoms with Crippen molar-refractivity contribution in [1.29, 1.82) is 0 Å². The zero-order chi connectivity index (χ0) is 19.8. The molecular formula is C16H18ClF3N2O4S. The number of alkyl halides is 3. The van der Waals surface area contributed by atoms with E-state index < -0.39 is 37.8 Å². The Balaban J connectivity index is 1.73. The maximum atomic E-state index is 13.0. The Morgan fingerprint density at radius 1 is 1.19 bits per heavy atom. The summed E-state index contributed by atoms with van der Waals surface area (Å²) in [6, 6.07) is 2.52. The Bertz CT molecular complexity index is 817. The molecule has 1 atom stereocenters. The quantitative estimate of drug-likeness (QED) is 0.744. The summed E-state index contributed by atoms with van der Waals surface area (Å²) < 4.78 is 70.8. The van der Waals surface area contributed by atoms with Crippen LogP contribution in [-0.4, -0.2) is 62.4 Å². The van der Waals surface area contributed by atoms with E-state index in [1.165, 1.54) is 4.90 Å². The van der Waals surface area contributed by atoms with E-state index >= 15 is 0 Å². The fourth-order valence-corrected chi connectivity index (χ4v) is 4.83. The number of carbonyl (C=O) groups is 1. The van der Waals surface area contributed by atoms with Crippen LogP contribution in [0.25, 0.3) is 0 Å². The van der Waals surface area contributed by atoms with E-state index in [0.29, 0.717) is 19.1 Å². The van der Waals surface area contributed by atoms with Gasteiger partial charge in [-0.15, -0.1) is 0 Å². The minimum absolute atomic E-state index is 0.00473. The van der Waals surface area contributed by atoms with Gasteiger partial charge in [-0.3, -0.25) is 4.79 Å². The molecule has 6 nitrogen and oxygen atoms in total. The van der Waals surface area contributed by atoms with Crippen LogP contribution in [0.1, 0.15) is 18.4 Å². The molecule has 0 bridgehead atoms. The van der Waals surface area contributed by atoms with Gasteiger partial charge in [-0.05, 0) is 31.0 Å². The monoisotopic (exact) mass is 426 g/mol. The van der Waals surface area contributed by atoms with E-state index in [-0.39, 0.29) is 32.1 Å². The van der Waals surface area contributed by atoms with Crippen molar-refractivity contribution in [2.75, 3.05) is 32.8 Å². The molecule has 2 fully saturated rings. The summed E-state index contributed by atoms with van der Waals surface area (Å²) in [7, 11) is -4.12. The van der Waals surface area contributed by atoms with Crippen molar-refractivity contribution in [2.45, 2.75) is 30.0 Å². The second-order valence-electron chi connectivity index (χ2n) is 6.37. The number of amides is 1. The van der Waals surface area contributed by atoms with E-state index in [4.69, 9.17) is 16.3 Å². The average Bonchev–Trinajstić information content (AvgIpc) is 3.15. The number of piperazine rings is 1. The number of carbonyl (C=O) groups excluding carboxylic acids is 1. The third kappa shape index (κ3) is 4.23. The summed E-state index contributed by atoms with van der Waals surface area (Å²) in [6.07, 6.45) is -3.79. The van der Waals surface area contributed by atoms with Gasteiger partial charge < -0.3 is 9.64 Å². The fraction of sp³-hybridized carbons (Fsp3) is 0.562. The minimum Gasteiger partial charge on any atom is -0.368 e. The first-order chi connectivity index (χ1) is 12.6. The summed E-state index contributed by atoms with van der Waals surface area (Å²) in [6.45, 7) is 0.869. The lowest BCUT2D eigenvalue weighted by Gasteiger charge is -2.35. The molecule has 1 amide bonds. The maximum absolute atomic E-state index is 13.0. The Kier molecular flexibility index (Phi) is 5.72. The topological polar surface area (TPSA) is 66.9 Å². The number of hydrogen-bond acceptors (Lipinski definition) is 4. The Labute approximate surface area is 159 Å². The van der Waals surface area contributed by atoms with Crippen LogP contribution >= 0.6 is 11.6 Å². The third-order valence-corrected chi connectivity index (χ3v) is 6.86. The molecule has 2 saturated heterocycles. The highest BCUT2D eigenvalue weighted by molar-refractivity contribution is 7.89. The van der Waals surface area contributed by atoms with Crippen LogP contribution in [0, 0.1) is 0 Å². The standard InChI is InChI=1S/C16H18ClF3N2O4S/c17-13-4-3-11(10-12(13)16(18,19)20)27(24,25)22-7-5-21(6-8-22)15(23)14-2-1-9-26-14/h3-4,10,14H,1-2,5-9H2. The fourth-order valence-electron chi connectivity index (χ4n) is 3.16. The number of sulfonamides is 1. The van der Waals surface area contributed by atoms with Gasteiger partial charge in [-0.1, -0.05) is 11.6 Å². The lowest BCUT2D eigenvalue weighted by molar-refractivity contribution is -0.142. The van der Waals surface area contributed by atoms with Crippen molar-refractivity contribution in [3.8, 4) is 0 Å². The molecular weight excluding hydrogens is 409 g/mol. The zero-order valence-corrected chi connectivity index (χ0v) is 15.8. The van der Waals surface area contributed by atoms with Crippen LogP contribution in [-0.2, 0) is 25.7 Å². The second-order valence-corrected chi connectivity index (χ2v) is 8.72. The molecule has 2 aliphatic heterocycles. The van der Waals surface area contributed by atoms with Crippen LogP contribution in [0.5, 0.6) is 0 Å². The van der Waals surface area contributed by atoms with E-state index in [2.05, 4.69) is 0 Å². The molecule has 1 unspecified atom stereocenters. The number of ether oxygens (including phenoxy) is 1. The summed E-state index contributed by atoms with van der Waals surface area (Å²) in [5.41, 5.74) is -1.20. The normalized spacial score (nSPS) is 22.2. The minimum atomic E-state index is -4.75. The van der Waals surface area contributed by atoms with Crippen molar-refractivity contribution in [3.63, 3.8) is 0 Å². The van der Waals surface area contributed by atoms with Gasteiger partial charge in [0.25, 0.3) is 5.91 Å². The highest BCUT2D eigenvalue weighted by Gasteiger charge is 2.37. The lowest BCUT2D eigenvalue weighted by Crippen LogP contribution is -2.52. The maximum Gasteiger partial charge on any atom is 0.417 e. The van der Waals surface area contributed by atoms with Gasteiger partial charge >= 0.3 is 6.18 Å². The lowest BCUT2D eigenvalue weighted by atomic mass is 10.2. The van der Waals surface area contributed by atoms with E-state index in [1.54, 1.807) is 0 Å². The van der Waals surface area contributed by atoms with Gasteiger partial charge in [0.15, 0.2) is 0 Å². The molecule has 0 saturated carbocycles. The average molecular weight is 427 g/mol. The molecule has 2 aliphatic rings. The van der Waals surface area contributed by atoms with Crippen LogP contribution in [0.15, 0.2) is 23.1 Å². The highest BCUT2D eigenvalue weighted by atomic mass is 35.5. The molecule has 0 N–H and O–H groups in total. The zero-order valence-electron chi connectivity index (χ0n) is 14.2. The van der Waals surface area contributed by atoms with Crippen molar-refractivity contribution in [3.05, 3.63) is 28.8 Å². The van der Waals surface area contributed by atoms with Gasteiger partial charge in [0.1, 0.15) is 6.10 Å². The SMILES string of the molecule is O=C(C1CCCO1)N1CCN(S(=O)(=O)c2ccc(Cl)c(C(F)(F)F)c2)CC1.